The highest BCUT2D eigenvalue weighted by atomic mass is 16.4. The Bertz CT molecular complexity index is 676. The van der Waals surface area contributed by atoms with E-state index >= 15 is 0 Å². The zero-order valence-electron chi connectivity index (χ0n) is 13.5. The van der Waals surface area contributed by atoms with Gasteiger partial charge in [-0.2, -0.15) is 0 Å². The maximum atomic E-state index is 11.9. The van der Waals surface area contributed by atoms with E-state index in [2.05, 4.69) is 29.4 Å². The van der Waals surface area contributed by atoms with Gasteiger partial charge in [-0.15, -0.1) is 0 Å². The van der Waals surface area contributed by atoms with Crippen LogP contribution in [0, 0.1) is 6.92 Å². The van der Waals surface area contributed by atoms with E-state index in [1.54, 1.807) is 0 Å². The minimum absolute atomic E-state index is 0.0465. The van der Waals surface area contributed by atoms with Crippen LogP contribution in [0.2, 0.25) is 0 Å². The lowest BCUT2D eigenvalue weighted by Crippen LogP contribution is -2.24. The average molecular weight is 316 g/mol. The molecule has 5 nitrogen and oxygen atoms in total. The van der Waals surface area contributed by atoms with Gasteiger partial charge >= 0.3 is 5.97 Å². The van der Waals surface area contributed by atoms with Gasteiger partial charge in [0.2, 0.25) is 5.91 Å². The minimum Gasteiger partial charge on any atom is -0.481 e. The number of amides is 1. The number of aromatic amines is 1. The molecule has 0 aliphatic rings. The van der Waals surface area contributed by atoms with Gasteiger partial charge in [0.25, 0.3) is 0 Å². The molecule has 0 saturated heterocycles. The summed E-state index contributed by atoms with van der Waals surface area (Å²) in [6.07, 6.45) is 5.69. The average Bonchev–Trinajstić information content (AvgIpc) is 2.93. The highest BCUT2D eigenvalue weighted by Gasteiger charge is 2.07. The second-order valence-electron chi connectivity index (χ2n) is 5.87. The Morgan fingerprint density at radius 3 is 2.78 bits per heavy atom. The van der Waals surface area contributed by atoms with E-state index in [1.807, 2.05) is 12.3 Å². The van der Waals surface area contributed by atoms with Gasteiger partial charge in [0.15, 0.2) is 0 Å². The number of unbranched alkanes of at least 4 members (excludes halogenated alkanes) is 2. The lowest BCUT2D eigenvalue weighted by molar-refractivity contribution is -0.137. The number of aliphatic carboxylic acids is 1. The van der Waals surface area contributed by atoms with Gasteiger partial charge in [-0.3, -0.25) is 9.59 Å². The molecule has 0 aliphatic carbocycles. The van der Waals surface area contributed by atoms with Crippen LogP contribution in [0.5, 0.6) is 0 Å². The quantitative estimate of drug-likeness (QED) is 0.621. The Morgan fingerprint density at radius 2 is 2.00 bits per heavy atom. The molecule has 0 atom stereocenters. The summed E-state index contributed by atoms with van der Waals surface area (Å²) < 4.78 is 0. The fraction of sp³-hybridized carbons (Fsp3) is 0.444. The zero-order valence-corrected chi connectivity index (χ0v) is 13.5. The predicted octanol–water partition coefficient (Wildman–Crippen LogP) is 3.17. The molecule has 5 heteroatoms. The number of H-pyrrole nitrogens is 1. The van der Waals surface area contributed by atoms with Crippen molar-refractivity contribution < 1.29 is 14.7 Å². The molecule has 0 fully saturated rings. The van der Waals surface area contributed by atoms with Gasteiger partial charge in [0.1, 0.15) is 0 Å². The van der Waals surface area contributed by atoms with E-state index in [9.17, 15) is 9.59 Å². The first-order valence-electron chi connectivity index (χ1n) is 8.12. The molecule has 1 aromatic carbocycles. The van der Waals surface area contributed by atoms with Crippen LogP contribution in [0.4, 0.5) is 0 Å². The lowest BCUT2D eigenvalue weighted by atomic mass is 10.1. The van der Waals surface area contributed by atoms with Crippen LogP contribution in [-0.2, 0) is 16.0 Å². The topological polar surface area (TPSA) is 82.2 Å². The minimum atomic E-state index is -0.761. The highest BCUT2D eigenvalue weighted by Crippen LogP contribution is 2.22. The summed E-state index contributed by atoms with van der Waals surface area (Å²) in [5.74, 6) is -0.715. The van der Waals surface area contributed by atoms with Crippen molar-refractivity contribution in [1.82, 2.24) is 10.3 Å². The number of para-hydroxylation sites is 1. The number of carboxylic acid groups (broad SMARTS) is 1. The van der Waals surface area contributed by atoms with E-state index < -0.39 is 5.97 Å². The fourth-order valence-corrected chi connectivity index (χ4v) is 2.71. The number of hydrogen-bond acceptors (Lipinski definition) is 2. The normalized spacial score (nSPS) is 10.8. The summed E-state index contributed by atoms with van der Waals surface area (Å²) in [5.41, 5.74) is 3.52. The number of carboxylic acids is 1. The molecule has 23 heavy (non-hydrogen) atoms. The Labute approximate surface area is 136 Å². The first-order chi connectivity index (χ1) is 11.1. The van der Waals surface area contributed by atoms with E-state index in [4.69, 9.17) is 5.11 Å². The summed E-state index contributed by atoms with van der Waals surface area (Å²) in [4.78, 5) is 25.5. The summed E-state index contributed by atoms with van der Waals surface area (Å²) in [6.45, 7) is 2.69. The molecule has 0 spiro atoms. The SMILES string of the molecule is Cc1cccc2c(CCC(=O)NCCCCCC(=O)O)c[nH]c12. The van der Waals surface area contributed by atoms with E-state index in [0.29, 0.717) is 25.8 Å². The molecule has 0 radical (unpaired) electrons. The van der Waals surface area contributed by atoms with Crippen molar-refractivity contribution in [2.45, 2.75) is 45.4 Å². The van der Waals surface area contributed by atoms with Crippen LogP contribution in [0.3, 0.4) is 0 Å². The van der Waals surface area contributed by atoms with Crippen LogP contribution in [0.1, 0.15) is 43.2 Å². The van der Waals surface area contributed by atoms with Crippen LogP contribution in [0.15, 0.2) is 24.4 Å². The molecule has 2 aromatic rings. The molecule has 0 saturated carbocycles. The lowest BCUT2D eigenvalue weighted by Gasteiger charge is -2.05. The summed E-state index contributed by atoms with van der Waals surface area (Å²) in [6, 6.07) is 6.18. The fourth-order valence-electron chi connectivity index (χ4n) is 2.71. The first kappa shape index (κ1) is 17.1. The van der Waals surface area contributed by atoms with Crippen molar-refractivity contribution in [3.8, 4) is 0 Å². The number of benzene rings is 1. The maximum absolute atomic E-state index is 11.9. The Balaban J connectivity index is 1.70. The van der Waals surface area contributed by atoms with Crippen LogP contribution in [-0.4, -0.2) is 28.5 Å². The third-order valence-electron chi connectivity index (χ3n) is 4.02. The number of rotatable bonds is 9. The number of aryl methyl sites for hydroxylation is 2. The molecule has 3 N–H and O–H groups in total. The van der Waals surface area contributed by atoms with Gasteiger partial charge in [0, 0.05) is 36.5 Å². The van der Waals surface area contributed by atoms with Crippen LogP contribution >= 0.6 is 0 Å². The number of hydrogen-bond donors (Lipinski definition) is 3. The predicted molar refractivity (Wildman–Crippen MR) is 90.5 cm³/mol. The summed E-state index contributed by atoms with van der Waals surface area (Å²) >= 11 is 0. The Hall–Kier alpha value is -2.30. The maximum Gasteiger partial charge on any atom is 0.303 e. The second kappa shape index (κ2) is 8.36. The molecule has 0 aliphatic heterocycles. The second-order valence-corrected chi connectivity index (χ2v) is 5.87. The van der Waals surface area contributed by atoms with E-state index in [1.165, 1.54) is 16.5 Å². The molecular weight excluding hydrogens is 292 g/mol. The molecule has 1 aromatic heterocycles. The van der Waals surface area contributed by atoms with Crippen molar-refractivity contribution in [2.75, 3.05) is 6.54 Å². The smallest absolute Gasteiger partial charge is 0.303 e. The van der Waals surface area contributed by atoms with Gasteiger partial charge < -0.3 is 15.4 Å². The molecule has 1 heterocycles. The highest BCUT2D eigenvalue weighted by molar-refractivity contribution is 5.86. The van der Waals surface area contributed by atoms with Crippen molar-refractivity contribution in [2.24, 2.45) is 0 Å². The Kier molecular flexibility index (Phi) is 6.20. The van der Waals surface area contributed by atoms with Gasteiger partial charge in [-0.05, 0) is 37.3 Å². The van der Waals surface area contributed by atoms with E-state index in [0.717, 1.165) is 18.4 Å². The molecule has 1 amide bonds. The number of carbonyl (C=O) groups excluding carboxylic acids is 1. The van der Waals surface area contributed by atoms with Gasteiger partial charge in [-0.25, -0.2) is 0 Å². The number of aromatic nitrogens is 1. The molecule has 2 rings (SSSR count). The number of nitrogens with one attached hydrogen (secondary N) is 2. The summed E-state index contributed by atoms with van der Waals surface area (Å²) in [7, 11) is 0. The first-order valence-corrected chi connectivity index (χ1v) is 8.12. The summed E-state index contributed by atoms with van der Waals surface area (Å²) in [5, 5.41) is 12.6. The van der Waals surface area contributed by atoms with Crippen LogP contribution < -0.4 is 5.32 Å². The van der Waals surface area contributed by atoms with E-state index in [-0.39, 0.29) is 12.3 Å². The zero-order chi connectivity index (χ0) is 16.7. The number of fused-ring (bicyclic) bond motifs is 1. The number of carbonyl (C=O) groups is 2. The van der Waals surface area contributed by atoms with Crippen LogP contribution in [0.25, 0.3) is 10.9 Å². The van der Waals surface area contributed by atoms with Crippen molar-refractivity contribution in [1.29, 1.82) is 0 Å². The molecule has 0 bridgehead atoms. The monoisotopic (exact) mass is 316 g/mol. The standard InChI is InChI=1S/C18H24N2O3/c1-13-6-5-7-15-14(12-20-18(13)15)9-10-16(21)19-11-4-2-3-8-17(22)23/h5-7,12,20H,2-4,8-11H2,1H3,(H,19,21)(H,22,23). The molecule has 124 valence electrons. The van der Waals surface area contributed by atoms with Crippen molar-refractivity contribution >= 4 is 22.8 Å². The third-order valence-corrected chi connectivity index (χ3v) is 4.02. The van der Waals surface area contributed by atoms with Gasteiger partial charge in [-0.1, -0.05) is 24.6 Å². The molecule has 0 unspecified atom stereocenters. The van der Waals surface area contributed by atoms with Crippen molar-refractivity contribution in [3.05, 3.63) is 35.5 Å². The largest absolute Gasteiger partial charge is 0.481 e. The van der Waals surface area contributed by atoms with Crippen molar-refractivity contribution in [3.63, 3.8) is 0 Å². The molecular formula is C18H24N2O3. The van der Waals surface area contributed by atoms with Gasteiger partial charge in [0.05, 0.1) is 0 Å². The third kappa shape index (κ3) is 5.13. The Morgan fingerprint density at radius 1 is 1.17 bits per heavy atom.